The predicted octanol–water partition coefficient (Wildman–Crippen LogP) is 5.85. The van der Waals surface area contributed by atoms with Gasteiger partial charge in [-0.15, -0.1) is 10.2 Å². The van der Waals surface area contributed by atoms with Crippen LogP contribution in [0.25, 0.3) is 0 Å². The Morgan fingerprint density at radius 1 is 1.22 bits per heavy atom. The molecule has 0 bridgehead atoms. The minimum Gasteiger partial charge on any atom is -0.303 e. The van der Waals surface area contributed by atoms with E-state index in [-0.39, 0.29) is 0 Å². The van der Waals surface area contributed by atoms with Crippen LogP contribution in [0.2, 0.25) is 5.02 Å². The third-order valence-corrected chi connectivity index (χ3v) is 5.65. The van der Waals surface area contributed by atoms with Crippen LogP contribution >= 0.6 is 23.4 Å². The van der Waals surface area contributed by atoms with E-state index in [2.05, 4.69) is 34.7 Å². The number of halogens is 1. The Balaban J connectivity index is 1.80. The fourth-order valence-electron chi connectivity index (χ4n) is 3.24. The summed E-state index contributed by atoms with van der Waals surface area (Å²) < 4.78 is 2.42. The van der Waals surface area contributed by atoms with Gasteiger partial charge in [-0.25, -0.2) is 0 Å². The number of nitrogens with zero attached hydrogens (tertiary/aromatic N) is 3. The Morgan fingerprint density at radius 3 is 2.70 bits per heavy atom. The Kier molecular flexibility index (Phi) is 5.65. The molecule has 0 atom stereocenters. The summed E-state index contributed by atoms with van der Waals surface area (Å²) in [4.78, 5) is 0. The molecule has 1 aromatic carbocycles. The van der Waals surface area contributed by atoms with E-state index < -0.39 is 0 Å². The Hall–Kier alpha value is -1.00. The van der Waals surface area contributed by atoms with E-state index in [4.69, 9.17) is 11.6 Å². The highest BCUT2D eigenvalue weighted by atomic mass is 35.5. The van der Waals surface area contributed by atoms with Crippen molar-refractivity contribution in [2.24, 2.45) is 0 Å². The van der Waals surface area contributed by atoms with Crippen molar-refractivity contribution in [3.05, 3.63) is 40.7 Å². The van der Waals surface area contributed by atoms with Gasteiger partial charge in [0.1, 0.15) is 5.82 Å². The minimum atomic E-state index is 0.407. The van der Waals surface area contributed by atoms with Gasteiger partial charge in [-0.3, -0.25) is 0 Å². The molecule has 5 heteroatoms. The van der Waals surface area contributed by atoms with Gasteiger partial charge in [0.05, 0.1) is 0 Å². The lowest BCUT2D eigenvalue weighted by molar-refractivity contribution is 0.326. The highest BCUT2D eigenvalue weighted by Gasteiger charge is 2.24. The fourth-order valence-corrected chi connectivity index (χ4v) is 4.41. The maximum absolute atomic E-state index is 6.08. The molecule has 1 aromatic heterocycles. The fraction of sp³-hybridized carbons (Fsp3) is 0.556. The highest BCUT2D eigenvalue weighted by molar-refractivity contribution is 7.98. The van der Waals surface area contributed by atoms with Gasteiger partial charge in [-0.1, -0.05) is 68.6 Å². The molecule has 1 heterocycles. The predicted molar refractivity (Wildman–Crippen MR) is 97.2 cm³/mol. The van der Waals surface area contributed by atoms with E-state index in [0.29, 0.717) is 12.0 Å². The first kappa shape index (κ1) is 16.8. The van der Waals surface area contributed by atoms with Crippen LogP contribution in [0, 0.1) is 0 Å². The summed E-state index contributed by atoms with van der Waals surface area (Å²) in [7, 11) is 0. The topological polar surface area (TPSA) is 30.7 Å². The lowest BCUT2D eigenvalue weighted by Crippen LogP contribution is -2.17. The molecule has 0 radical (unpaired) electrons. The van der Waals surface area contributed by atoms with Crippen molar-refractivity contribution in [1.82, 2.24) is 14.8 Å². The second-order valence-electron chi connectivity index (χ2n) is 6.58. The average molecular weight is 350 g/mol. The van der Waals surface area contributed by atoms with Crippen molar-refractivity contribution >= 4 is 23.4 Å². The second kappa shape index (κ2) is 7.71. The Morgan fingerprint density at radius 2 is 2.00 bits per heavy atom. The summed E-state index contributed by atoms with van der Waals surface area (Å²) in [5.41, 5.74) is 1.23. The maximum Gasteiger partial charge on any atom is 0.191 e. The molecule has 0 saturated heterocycles. The van der Waals surface area contributed by atoms with Crippen molar-refractivity contribution in [3.8, 4) is 0 Å². The Bertz CT molecular complexity index is 647. The van der Waals surface area contributed by atoms with Gasteiger partial charge in [0.2, 0.25) is 0 Å². The SMILES string of the molecule is CC(C)c1nnc(SCc2cccc(Cl)c2)n1C1CCCCC1. The molecule has 2 aromatic rings. The molecule has 3 rings (SSSR count). The van der Waals surface area contributed by atoms with Crippen molar-refractivity contribution in [3.63, 3.8) is 0 Å². The van der Waals surface area contributed by atoms with Crippen LogP contribution in [0.15, 0.2) is 29.4 Å². The van der Waals surface area contributed by atoms with E-state index >= 15 is 0 Å². The molecule has 1 fully saturated rings. The van der Waals surface area contributed by atoms with Crippen LogP contribution in [-0.4, -0.2) is 14.8 Å². The van der Waals surface area contributed by atoms with Crippen molar-refractivity contribution in [1.29, 1.82) is 0 Å². The van der Waals surface area contributed by atoms with Crippen LogP contribution in [-0.2, 0) is 5.75 Å². The first-order chi connectivity index (χ1) is 11.1. The quantitative estimate of drug-likeness (QED) is 0.634. The molecule has 0 amide bonds. The van der Waals surface area contributed by atoms with Gasteiger partial charge in [-0.05, 0) is 30.5 Å². The monoisotopic (exact) mass is 349 g/mol. The lowest BCUT2D eigenvalue weighted by Gasteiger charge is -2.26. The molecule has 1 aliphatic carbocycles. The van der Waals surface area contributed by atoms with Crippen molar-refractivity contribution < 1.29 is 0 Å². The number of benzene rings is 1. The van der Waals surface area contributed by atoms with Gasteiger partial charge >= 0.3 is 0 Å². The minimum absolute atomic E-state index is 0.407. The molecule has 23 heavy (non-hydrogen) atoms. The maximum atomic E-state index is 6.08. The highest BCUT2D eigenvalue weighted by Crippen LogP contribution is 2.35. The van der Waals surface area contributed by atoms with Gasteiger partial charge in [0, 0.05) is 22.7 Å². The van der Waals surface area contributed by atoms with Crippen LogP contribution < -0.4 is 0 Å². The largest absolute Gasteiger partial charge is 0.303 e. The standard InChI is InChI=1S/C18H24ClN3S/c1-13(2)17-20-21-18(22(17)16-9-4-3-5-10-16)23-12-14-7-6-8-15(19)11-14/h6-8,11,13,16H,3-5,9-10,12H2,1-2H3. The molecule has 0 N–H and O–H groups in total. The summed E-state index contributed by atoms with van der Waals surface area (Å²) in [6.45, 7) is 4.41. The summed E-state index contributed by atoms with van der Waals surface area (Å²) in [6.07, 6.45) is 6.50. The van der Waals surface area contributed by atoms with Crippen LogP contribution in [0.5, 0.6) is 0 Å². The molecule has 124 valence electrons. The molecule has 0 aliphatic heterocycles. The zero-order chi connectivity index (χ0) is 16.2. The molecule has 1 aliphatic rings. The second-order valence-corrected chi connectivity index (χ2v) is 7.95. The third-order valence-electron chi connectivity index (χ3n) is 4.40. The number of rotatable bonds is 5. The van der Waals surface area contributed by atoms with Crippen LogP contribution in [0.4, 0.5) is 0 Å². The van der Waals surface area contributed by atoms with E-state index in [1.165, 1.54) is 37.7 Å². The van der Waals surface area contributed by atoms with Crippen LogP contribution in [0.1, 0.15) is 69.3 Å². The van der Waals surface area contributed by atoms with Crippen LogP contribution in [0.3, 0.4) is 0 Å². The van der Waals surface area contributed by atoms with Gasteiger partial charge < -0.3 is 4.57 Å². The Labute approximate surface area is 147 Å². The summed E-state index contributed by atoms with van der Waals surface area (Å²) in [5, 5.41) is 10.8. The molecule has 1 saturated carbocycles. The smallest absolute Gasteiger partial charge is 0.191 e. The summed E-state index contributed by atoms with van der Waals surface area (Å²) >= 11 is 7.85. The van der Waals surface area contributed by atoms with Crippen molar-refractivity contribution in [2.75, 3.05) is 0 Å². The third kappa shape index (κ3) is 4.10. The molecule has 0 spiro atoms. The number of hydrogen-bond donors (Lipinski definition) is 0. The first-order valence-corrected chi connectivity index (χ1v) is 9.83. The lowest BCUT2D eigenvalue weighted by atomic mass is 9.95. The number of thioether (sulfide) groups is 1. The normalized spacial score (nSPS) is 16.2. The molecular weight excluding hydrogens is 326 g/mol. The van der Waals surface area contributed by atoms with Crippen molar-refractivity contribution in [2.45, 2.75) is 68.8 Å². The number of aromatic nitrogens is 3. The van der Waals surface area contributed by atoms with E-state index in [1.807, 2.05) is 18.2 Å². The average Bonchev–Trinajstić information content (AvgIpc) is 2.98. The van der Waals surface area contributed by atoms with Gasteiger partial charge in [0.15, 0.2) is 5.16 Å². The van der Waals surface area contributed by atoms with Gasteiger partial charge in [0.25, 0.3) is 0 Å². The zero-order valence-corrected chi connectivity index (χ0v) is 15.4. The number of hydrogen-bond acceptors (Lipinski definition) is 3. The van der Waals surface area contributed by atoms with E-state index in [1.54, 1.807) is 11.8 Å². The van der Waals surface area contributed by atoms with E-state index in [9.17, 15) is 0 Å². The first-order valence-electron chi connectivity index (χ1n) is 8.47. The summed E-state index contributed by atoms with van der Waals surface area (Å²) in [5.74, 6) is 2.42. The summed E-state index contributed by atoms with van der Waals surface area (Å²) in [6, 6.07) is 8.63. The van der Waals surface area contributed by atoms with Gasteiger partial charge in [-0.2, -0.15) is 0 Å². The molecular formula is C18H24ClN3S. The zero-order valence-electron chi connectivity index (χ0n) is 13.8. The molecule has 3 nitrogen and oxygen atoms in total. The van der Waals surface area contributed by atoms with E-state index in [0.717, 1.165) is 21.8 Å². The molecule has 0 unspecified atom stereocenters.